The van der Waals surface area contributed by atoms with Crippen molar-refractivity contribution in [2.45, 2.75) is 51.6 Å². The highest BCUT2D eigenvalue weighted by Gasteiger charge is 2.69. The number of piperidine rings is 1. The summed E-state index contributed by atoms with van der Waals surface area (Å²) < 4.78 is 40.2. The normalized spacial score (nSPS) is 30.3. The van der Waals surface area contributed by atoms with E-state index < -0.39 is 43.3 Å². The first-order valence-corrected chi connectivity index (χ1v) is 9.93. The van der Waals surface area contributed by atoms with E-state index in [0.29, 0.717) is 13.0 Å². The Morgan fingerprint density at radius 1 is 1.43 bits per heavy atom. The fourth-order valence-corrected chi connectivity index (χ4v) is 4.80. The van der Waals surface area contributed by atoms with Gasteiger partial charge in [0, 0.05) is 19.0 Å². The quantitative estimate of drug-likeness (QED) is 0.624. The average molecular weight is 430 g/mol. The van der Waals surface area contributed by atoms with Crippen LogP contribution < -0.4 is 10.6 Å². The van der Waals surface area contributed by atoms with Gasteiger partial charge in [-0.25, -0.2) is 0 Å². The number of alkyl halides is 3. The average Bonchev–Trinajstić information content (AvgIpc) is 3.01. The van der Waals surface area contributed by atoms with Gasteiger partial charge in [0.2, 0.25) is 17.7 Å². The van der Waals surface area contributed by atoms with Gasteiger partial charge in [-0.05, 0) is 30.1 Å². The monoisotopic (exact) mass is 430 g/mol. The molecule has 0 aromatic heterocycles. The lowest BCUT2D eigenvalue weighted by atomic mass is 9.97. The molecular weight excluding hydrogens is 405 g/mol. The fourth-order valence-electron chi connectivity index (χ4n) is 4.80. The van der Waals surface area contributed by atoms with Crippen LogP contribution in [0.2, 0.25) is 0 Å². The van der Waals surface area contributed by atoms with Crippen LogP contribution in [-0.2, 0) is 19.1 Å². The number of likely N-dealkylation sites (tertiary alicyclic amines) is 1. The summed E-state index contributed by atoms with van der Waals surface area (Å²) in [5, 5.41) is 14.7. The zero-order valence-electron chi connectivity index (χ0n) is 16.8. The molecule has 1 saturated carbocycles. The van der Waals surface area contributed by atoms with Gasteiger partial charge in [-0.3, -0.25) is 19.1 Å². The van der Waals surface area contributed by atoms with Crippen LogP contribution >= 0.6 is 0 Å². The third kappa shape index (κ3) is 4.53. The number of fused-ring (bicyclic) bond motifs is 1. The van der Waals surface area contributed by atoms with Crippen LogP contribution in [0.25, 0.3) is 0 Å². The summed E-state index contributed by atoms with van der Waals surface area (Å²) in [6.45, 7) is 3.94. The van der Waals surface area contributed by atoms with Gasteiger partial charge < -0.3 is 15.5 Å². The molecule has 8 nitrogen and oxygen atoms in total. The Morgan fingerprint density at radius 3 is 2.70 bits per heavy atom. The lowest BCUT2D eigenvalue weighted by molar-refractivity contribution is -0.324. The molecule has 0 spiro atoms. The topological polar surface area (TPSA) is 112 Å². The maximum atomic E-state index is 13.0. The number of hydrogen-bond acceptors (Lipinski definition) is 5. The van der Waals surface area contributed by atoms with Gasteiger partial charge in [0.25, 0.3) is 0 Å². The zero-order valence-corrected chi connectivity index (χ0v) is 16.8. The van der Waals surface area contributed by atoms with Crippen LogP contribution in [0, 0.1) is 34.5 Å². The van der Waals surface area contributed by atoms with Gasteiger partial charge in [0.1, 0.15) is 12.1 Å². The molecule has 166 valence electrons. The first-order valence-electron chi connectivity index (χ1n) is 9.93. The fraction of sp³-hybridized carbons (Fsp3) is 0.789. The molecule has 30 heavy (non-hydrogen) atoms. The summed E-state index contributed by atoms with van der Waals surface area (Å²) in [7, 11) is 0. The van der Waals surface area contributed by atoms with Gasteiger partial charge in [-0.15, -0.1) is 13.2 Å². The van der Waals surface area contributed by atoms with E-state index >= 15 is 0 Å². The molecule has 3 aliphatic rings. The number of hydrogen-bond donors (Lipinski definition) is 2. The second kappa shape index (κ2) is 8.06. The van der Waals surface area contributed by atoms with E-state index in [0.717, 1.165) is 0 Å². The van der Waals surface area contributed by atoms with Gasteiger partial charge >= 0.3 is 6.36 Å². The van der Waals surface area contributed by atoms with Crippen molar-refractivity contribution in [2.75, 3.05) is 19.7 Å². The number of carbonyl (C=O) groups is 3. The lowest BCUT2D eigenvalue weighted by Gasteiger charge is -2.31. The SMILES string of the molecule is CC1(C)[C@@H]2[C@@H](C(=O)NC(C#N)C[C@@H]3CCNC3=O)N(C(=O)CCOC(F)(F)F)C[C@@H]21. The number of amides is 3. The molecular formula is C19H25F3N4O4. The highest BCUT2D eigenvalue weighted by atomic mass is 19.4. The van der Waals surface area contributed by atoms with E-state index in [2.05, 4.69) is 15.4 Å². The van der Waals surface area contributed by atoms with Gasteiger partial charge in [0.15, 0.2) is 0 Å². The number of nitriles is 1. The molecule has 2 aliphatic heterocycles. The van der Waals surface area contributed by atoms with Crippen LogP contribution in [0.15, 0.2) is 0 Å². The smallest absolute Gasteiger partial charge is 0.356 e. The van der Waals surface area contributed by atoms with E-state index in [-0.39, 0.29) is 42.0 Å². The van der Waals surface area contributed by atoms with Crippen LogP contribution in [0.5, 0.6) is 0 Å². The molecule has 2 N–H and O–H groups in total. The number of rotatable bonds is 7. The number of nitrogens with one attached hydrogen (secondary N) is 2. The minimum atomic E-state index is -4.82. The van der Waals surface area contributed by atoms with Crippen molar-refractivity contribution in [3.8, 4) is 6.07 Å². The summed E-state index contributed by atoms with van der Waals surface area (Å²) in [4.78, 5) is 38.5. The van der Waals surface area contributed by atoms with E-state index in [1.54, 1.807) is 0 Å². The minimum absolute atomic E-state index is 0.0712. The van der Waals surface area contributed by atoms with Crippen LogP contribution in [-0.4, -0.2) is 60.8 Å². The molecule has 0 radical (unpaired) electrons. The second-order valence-corrected chi connectivity index (χ2v) is 8.69. The summed E-state index contributed by atoms with van der Waals surface area (Å²) in [6.07, 6.45) is -4.56. The molecule has 0 aromatic carbocycles. The summed E-state index contributed by atoms with van der Waals surface area (Å²) in [5.41, 5.74) is -0.172. The third-order valence-electron chi connectivity index (χ3n) is 6.53. The molecule has 2 saturated heterocycles. The molecule has 0 aromatic rings. The molecule has 0 bridgehead atoms. The Balaban J connectivity index is 1.63. The Morgan fingerprint density at radius 2 is 2.13 bits per heavy atom. The van der Waals surface area contributed by atoms with E-state index in [9.17, 15) is 32.8 Å². The molecule has 11 heteroatoms. The van der Waals surface area contributed by atoms with Crippen molar-refractivity contribution < 1.29 is 32.3 Å². The van der Waals surface area contributed by atoms with Gasteiger partial charge in [0.05, 0.1) is 19.1 Å². The molecule has 5 atom stereocenters. The Labute approximate surface area is 172 Å². The lowest BCUT2D eigenvalue weighted by Crippen LogP contribution is -2.52. The van der Waals surface area contributed by atoms with Crippen molar-refractivity contribution in [3.63, 3.8) is 0 Å². The molecule has 3 fully saturated rings. The standard InChI is InChI=1S/C19H25F3N4O4/c1-18(2)12-9-26(13(27)4-6-30-19(20,21)22)15(14(12)18)17(29)25-11(8-23)7-10-3-5-24-16(10)28/h10-12,14-15H,3-7,9H2,1-2H3,(H,24,28)(H,25,29)/t10-,11?,12-,14-,15-/m0/s1. The Kier molecular flexibility index (Phi) is 6.00. The van der Waals surface area contributed by atoms with Gasteiger partial charge in [-0.1, -0.05) is 13.8 Å². The van der Waals surface area contributed by atoms with Crippen LogP contribution in [0.3, 0.4) is 0 Å². The number of halogens is 3. The second-order valence-electron chi connectivity index (χ2n) is 8.69. The van der Waals surface area contributed by atoms with Crippen molar-refractivity contribution in [3.05, 3.63) is 0 Å². The first kappa shape index (κ1) is 22.3. The molecule has 2 heterocycles. The molecule has 1 aliphatic carbocycles. The summed E-state index contributed by atoms with van der Waals surface area (Å²) in [6, 6.07) is 0.246. The summed E-state index contributed by atoms with van der Waals surface area (Å²) >= 11 is 0. The predicted molar refractivity (Wildman–Crippen MR) is 96.2 cm³/mol. The van der Waals surface area contributed by atoms with E-state index in [1.165, 1.54) is 4.90 Å². The highest BCUT2D eigenvalue weighted by Crippen LogP contribution is 2.64. The minimum Gasteiger partial charge on any atom is -0.356 e. The zero-order chi connectivity index (χ0) is 22.3. The van der Waals surface area contributed by atoms with Crippen molar-refractivity contribution in [1.82, 2.24) is 15.5 Å². The largest absolute Gasteiger partial charge is 0.522 e. The molecule has 3 rings (SSSR count). The Bertz CT molecular complexity index is 764. The number of carbonyl (C=O) groups excluding carboxylic acids is 3. The van der Waals surface area contributed by atoms with Crippen molar-refractivity contribution >= 4 is 17.7 Å². The molecule has 1 unspecified atom stereocenters. The summed E-state index contributed by atoms with van der Waals surface area (Å²) in [5.74, 6) is -1.67. The van der Waals surface area contributed by atoms with Crippen molar-refractivity contribution in [1.29, 1.82) is 5.26 Å². The number of nitrogens with zero attached hydrogens (tertiary/aromatic N) is 2. The van der Waals surface area contributed by atoms with E-state index in [1.807, 2.05) is 19.9 Å². The van der Waals surface area contributed by atoms with Crippen LogP contribution in [0.1, 0.15) is 33.1 Å². The third-order valence-corrected chi connectivity index (χ3v) is 6.53. The first-order chi connectivity index (χ1) is 14.0. The van der Waals surface area contributed by atoms with Crippen molar-refractivity contribution in [2.24, 2.45) is 23.2 Å². The van der Waals surface area contributed by atoms with E-state index in [4.69, 9.17) is 0 Å². The maximum Gasteiger partial charge on any atom is 0.522 e. The maximum absolute atomic E-state index is 13.0. The molecule has 3 amide bonds. The number of ether oxygens (including phenoxy) is 1. The Hall–Kier alpha value is -2.35. The van der Waals surface area contributed by atoms with Crippen LogP contribution in [0.4, 0.5) is 13.2 Å². The van der Waals surface area contributed by atoms with Gasteiger partial charge in [-0.2, -0.15) is 5.26 Å². The predicted octanol–water partition coefficient (Wildman–Crippen LogP) is 0.930. The highest BCUT2D eigenvalue weighted by molar-refractivity contribution is 5.90.